The van der Waals surface area contributed by atoms with Crippen molar-refractivity contribution in [2.24, 2.45) is 5.92 Å². The van der Waals surface area contributed by atoms with Crippen molar-refractivity contribution in [3.8, 4) is 0 Å². The number of amides is 1. The molecule has 0 spiro atoms. The number of benzene rings is 1. The third kappa shape index (κ3) is 3.17. The van der Waals surface area contributed by atoms with E-state index >= 15 is 0 Å². The molecule has 1 aromatic carbocycles. The minimum atomic E-state index is -0.895. The lowest BCUT2D eigenvalue weighted by Gasteiger charge is -2.27. The van der Waals surface area contributed by atoms with E-state index in [9.17, 15) is 13.6 Å². The molecule has 1 aliphatic rings. The number of hydrogen-bond acceptors (Lipinski definition) is 2. The molecule has 0 aliphatic carbocycles. The third-order valence-corrected chi connectivity index (χ3v) is 2.95. The van der Waals surface area contributed by atoms with Crippen molar-refractivity contribution in [1.29, 1.82) is 0 Å². The predicted octanol–water partition coefficient (Wildman–Crippen LogP) is 1.78. The first-order chi connectivity index (χ1) is 8.08. The molecule has 2 N–H and O–H groups in total. The van der Waals surface area contributed by atoms with Crippen LogP contribution in [0, 0.1) is 17.6 Å². The van der Waals surface area contributed by atoms with E-state index in [0.29, 0.717) is 18.7 Å². The summed E-state index contributed by atoms with van der Waals surface area (Å²) in [6, 6.07) is 3.33. The Balaban J connectivity index is 0.00000162. The minimum Gasteiger partial charge on any atom is -0.349 e. The average Bonchev–Trinajstić information content (AvgIpc) is 2.19. The van der Waals surface area contributed by atoms with Gasteiger partial charge in [0.05, 0.1) is 12.0 Å². The van der Waals surface area contributed by atoms with E-state index in [1.807, 2.05) is 0 Å². The Bertz CT molecular complexity index is 438. The lowest BCUT2D eigenvalue weighted by molar-refractivity contribution is -0.127. The summed E-state index contributed by atoms with van der Waals surface area (Å²) in [6.07, 6.45) is 0. The molecule has 1 unspecified atom stereocenters. The summed E-state index contributed by atoms with van der Waals surface area (Å²) in [5.41, 5.74) is 0.560. The van der Waals surface area contributed by atoms with E-state index in [-0.39, 0.29) is 30.3 Å². The maximum absolute atomic E-state index is 13.0. The summed E-state index contributed by atoms with van der Waals surface area (Å²) < 4.78 is 25.8. The highest BCUT2D eigenvalue weighted by atomic mass is 35.5. The normalized spacial score (nSPS) is 16.4. The van der Waals surface area contributed by atoms with Gasteiger partial charge in [0.1, 0.15) is 0 Å². The van der Waals surface area contributed by atoms with Crippen LogP contribution < -0.4 is 10.6 Å². The van der Waals surface area contributed by atoms with Crippen molar-refractivity contribution in [2.75, 3.05) is 13.1 Å². The molecule has 2 rings (SSSR count). The van der Waals surface area contributed by atoms with Crippen molar-refractivity contribution < 1.29 is 13.6 Å². The van der Waals surface area contributed by atoms with E-state index < -0.39 is 11.6 Å². The lowest BCUT2D eigenvalue weighted by atomic mass is 10.0. The standard InChI is InChI=1S/C12H14F2N2O.ClH/c1-7(16-12(17)9-5-15-6-9)8-2-3-10(13)11(14)4-8;/h2-4,7,9,15H,5-6H2,1H3,(H,16,17);1H. The van der Waals surface area contributed by atoms with Crippen LogP contribution in [0.25, 0.3) is 0 Å². The van der Waals surface area contributed by atoms with E-state index in [2.05, 4.69) is 10.6 Å². The van der Waals surface area contributed by atoms with E-state index in [1.165, 1.54) is 6.07 Å². The minimum absolute atomic E-state index is 0. The molecule has 0 radical (unpaired) electrons. The van der Waals surface area contributed by atoms with Gasteiger partial charge in [0.25, 0.3) is 0 Å². The molecular weight excluding hydrogens is 262 g/mol. The van der Waals surface area contributed by atoms with Gasteiger partial charge in [0.2, 0.25) is 5.91 Å². The van der Waals surface area contributed by atoms with E-state index in [1.54, 1.807) is 6.92 Å². The Kier molecular flexibility index (Phi) is 5.04. The van der Waals surface area contributed by atoms with Crippen LogP contribution >= 0.6 is 12.4 Å². The molecule has 1 aliphatic heterocycles. The Morgan fingerprint density at radius 1 is 1.39 bits per heavy atom. The summed E-state index contributed by atoms with van der Waals surface area (Å²) in [5, 5.41) is 5.78. The van der Waals surface area contributed by atoms with Crippen LogP contribution in [0.4, 0.5) is 8.78 Å². The van der Waals surface area contributed by atoms with Crippen LogP contribution in [-0.4, -0.2) is 19.0 Å². The highest BCUT2D eigenvalue weighted by Gasteiger charge is 2.26. The highest BCUT2D eigenvalue weighted by Crippen LogP contribution is 2.16. The quantitative estimate of drug-likeness (QED) is 0.884. The van der Waals surface area contributed by atoms with Gasteiger partial charge in [0.15, 0.2) is 11.6 Å². The smallest absolute Gasteiger partial charge is 0.226 e. The maximum Gasteiger partial charge on any atom is 0.226 e. The predicted molar refractivity (Wildman–Crippen MR) is 66.5 cm³/mol. The highest BCUT2D eigenvalue weighted by molar-refractivity contribution is 5.85. The summed E-state index contributed by atoms with van der Waals surface area (Å²) in [6.45, 7) is 3.10. The van der Waals surface area contributed by atoms with Crippen molar-refractivity contribution in [3.05, 3.63) is 35.4 Å². The zero-order valence-electron chi connectivity index (χ0n) is 9.87. The zero-order chi connectivity index (χ0) is 12.4. The summed E-state index contributed by atoms with van der Waals surface area (Å²) >= 11 is 0. The Hall–Kier alpha value is -1.20. The molecule has 3 nitrogen and oxygen atoms in total. The Labute approximate surface area is 110 Å². The molecule has 1 saturated heterocycles. The largest absolute Gasteiger partial charge is 0.349 e. The van der Waals surface area contributed by atoms with Gasteiger partial charge in [-0.3, -0.25) is 4.79 Å². The zero-order valence-corrected chi connectivity index (χ0v) is 10.7. The fourth-order valence-corrected chi connectivity index (χ4v) is 1.67. The second-order valence-electron chi connectivity index (χ2n) is 4.26. The van der Waals surface area contributed by atoms with Crippen LogP contribution in [0.2, 0.25) is 0 Å². The summed E-state index contributed by atoms with van der Waals surface area (Å²) in [4.78, 5) is 11.6. The molecular formula is C12H15ClF2N2O. The topological polar surface area (TPSA) is 41.1 Å². The molecule has 1 amide bonds. The first-order valence-corrected chi connectivity index (χ1v) is 5.54. The molecule has 0 saturated carbocycles. The maximum atomic E-state index is 13.0. The van der Waals surface area contributed by atoms with Gasteiger partial charge >= 0.3 is 0 Å². The van der Waals surface area contributed by atoms with Crippen LogP contribution in [-0.2, 0) is 4.79 Å². The van der Waals surface area contributed by atoms with Gasteiger partial charge in [-0.05, 0) is 24.6 Å². The van der Waals surface area contributed by atoms with Gasteiger partial charge < -0.3 is 10.6 Å². The average molecular weight is 277 g/mol. The van der Waals surface area contributed by atoms with Crippen molar-refractivity contribution >= 4 is 18.3 Å². The van der Waals surface area contributed by atoms with Gasteiger partial charge in [-0.25, -0.2) is 8.78 Å². The molecule has 18 heavy (non-hydrogen) atoms. The first kappa shape index (κ1) is 14.9. The van der Waals surface area contributed by atoms with Gasteiger partial charge in [-0.15, -0.1) is 12.4 Å². The number of carbonyl (C=O) groups is 1. The molecule has 1 aromatic rings. The SMILES string of the molecule is CC(NC(=O)C1CNC1)c1ccc(F)c(F)c1.Cl. The fourth-order valence-electron chi connectivity index (χ4n) is 1.67. The van der Waals surface area contributed by atoms with E-state index in [4.69, 9.17) is 0 Å². The van der Waals surface area contributed by atoms with Gasteiger partial charge in [-0.1, -0.05) is 6.07 Å². The number of hydrogen-bond donors (Lipinski definition) is 2. The number of halogens is 3. The fraction of sp³-hybridized carbons (Fsp3) is 0.417. The van der Waals surface area contributed by atoms with Crippen LogP contribution in [0.3, 0.4) is 0 Å². The van der Waals surface area contributed by atoms with Crippen molar-refractivity contribution in [1.82, 2.24) is 10.6 Å². The third-order valence-electron chi connectivity index (χ3n) is 2.95. The van der Waals surface area contributed by atoms with Gasteiger partial charge in [0, 0.05) is 13.1 Å². The van der Waals surface area contributed by atoms with Crippen LogP contribution in [0.5, 0.6) is 0 Å². The second kappa shape index (κ2) is 6.11. The summed E-state index contributed by atoms with van der Waals surface area (Å²) in [5.74, 6) is -1.84. The number of rotatable bonds is 3. The second-order valence-corrected chi connectivity index (χ2v) is 4.26. The van der Waals surface area contributed by atoms with Gasteiger partial charge in [-0.2, -0.15) is 0 Å². The molecule has 100 valence electrons. The monoisotopic (exact) mass is 276 g/mol. The molecule has 1 fully saturated rings. The van der Waals surface area contributed by atoms with E-state index in [0.717, 1.165) is 12.1 Å². The lowest BCUT2D eigenvalue weighted by Crippen LogP contribution is -2.51. The molecule has 0 bridgehead atoms. The summed E-state index contributed by atoms with van der Waals surface area (Å²) in [7, 11) is 0. The molecule has 6 heteroatoms. The Morgan fingerprint density at radius 3 is 2.56 bits per heavy atom. The molecule has 1 heterocycles. The number of carbonyl (C=O) groups excluding carboxylic acids is 1. The van der Waals surface area contributed by atoms with Crippen LogP contribution in [0.1, 0.15) is 18.5 Å². The first-order valence-electron chi connectivity index (χ1n) is 5.54. The molecule has 1 atom stereocenters. The molecule has 0 aromatic heterocycles. The van der Waals surface area contributed by atoms with Crippen LogP contribution in [0.15, 0.2) is 18.2 Å². The Morgan fingerprint density at radius 2 is 2.06 bits per heavy atom. The van der Waals surface area contributed by atoms with Crippen molar-refractivity contribution in [3.63, 3.8) is 0 Å². The van der Waals surface area contributed by atoms with Crippen molar-refractivity contribution in [2.45, 2.75) is 13.0 Å². The number of nitrogens with one attached hydrogen (secondary N) is 2.